The zero-order chi connectivity index (χ0) is 20.7. The fourth-order valence-electron chi connectivity index (χ4n) is 3.20. The van der Waals surface area contributed by atoms with Crippen LogP contribution < -0.4 is 5.32 Å². The maximum atomic E-state index is 12.6. The van der Waals surface area contributed by atoms with Crippen molar-refractivity contribution in [3.8, 4) is 5.95 Å². The van der Waals surface area contributed by atoms with Gasteiger partial charge in [0, 0.05) is 27.7 Å². The molecule has 0 spiro atoms. The number of anilines is 1. The summed E-state index contributed by atoms with van der Waals surface area (Å²) in [6.07, 6.45) is 0.194. The number of nitrogens with one attached hydrogen (secondary N) is 1. The van der Waals surface area contributed by atoms with Crippen LogP contribution in [0.3, 0.4) is 0 Å². The lowest BCUT2D eigenvalue weighted by Gasteiger charge is -2.06. The standard InChI is InChI=1S/C20H19ClN6OS/c1-10-7-11(2)23-19(22-10)27-13(4)15(12(3)26-27)9-18(28)25-20-24-16-6-5-14(21)8-17(16)29-20/h5-8H,9H2,1-4H3,(H,24,25,28). The molecule has 1 amide bonds. The van der Waals surface area contributed by atoms with Crippen molar-refractivity contribution in [2.24, 2.45) is 0 Å². The molecule has 0 saturated heterocycles. The van der Waals surface area contributed by atoms with Crippen molar-refractivity contribution in [1.82, 2.24) is 24.7 Å². The second kappa shape index (κ2) is 7.53. The minimum atomic E-state index is -0.151. The predicted molar refractivity (Wildman–Crippen MR) is 115 cm³/mol. The van der Waals surface area contributed by atoms with Crippen molar-refractivity contribution in [3.05, 3.63) is 57.6 Å². The average molecular weight is 427 g/mol. The second-order valence-electron chi connectivity index (χ2n) is 6.87. The Morgan fingerprint density at radius 2 is 1.83 bits per heavy atom. The third-order valence-corrected chi connectivity index (χ3v) is 5.70. The Balaban J connectivity index is 1.57. The molecule has 9 heteroatoms. The fraction of sp³-hybridized carbons (Fsp3) is 0.250. The van der Waals surface area contributed by atoms with E-state index in [-0.39, 0.29) is 12.3 Å². The molecule has 0 bridgehead atoms. The minimum Gasteiger partial charge on any atom is -0.302 e. The summed E-state index contributed by atoms with van der Waals surface area (Å²) in [5, 5.41) is 8.62. The van der Waals surface area contributed by atoms with E-state index in [1.807, 2.05) is 45.9 Å². The van der Waals surface area contributed by atoms with Gasteiger partial charge in [0.05, 0.1) is 22.3 Å². The second-order valence-corrected chi connectivity index (χ2v) is 8.33. The van der Waals surface area contributed by atoms with E-state index in [4.69, 9.17) is 11.6 Å². The van der Waals surface area contributed by atoms with Gasteiger partial charge in [-0.25, -0.2) is 19.6 Å². The normalized spacial score (nSPS) is 11.2. The van der Waals surface area contributed by atoms with Gasteiger partial charge < -0.3 is 5.32 Å². The van der Waals surface area contributed by atoms with Crippen LogP contribution in [0.1, 0.15) is 28.3 Å². The number of aromatic nitrogens is 5. The number of hydrogen-bond donors (Lipinski definition) is 1. The highest BCUT2D eigenvalue weighted by Gasteiger charge is 2.18. The number of carbonyl (C=O) groups is 1. The summed E-state index contributed by atoms with van der Waals surface area (Å²) in [6, 6.07) is 7.37. The highest BCUT2D eigenvalue weighted by atomic mass is 35.5. The molecule has 4 aromatic rings. The molecule has 3 aromatic heterocycles. The van der Waals surface area contributed by atoms with E-state index in [1.54, 1.807) is 10.7 Å². The molecule has 29 heavy (non-hydrogen) atoms. The van der Waals surface area contributed by atoms with E-state index >= 15 is 0 Å². The topological polar surface area (TPSA) is 85.6 Å². The molecule has 3 heterocycles. The number of aryl methyl sites for hydroxylation is 3. The van der Waals surface area contributed by atoms with Crippen molar-refractivity contribution in [1.29, 1.82) is 0 Å². The first-order valence-electron chi connectivity index (χ1n) is 9.04. The van der Waals surface area contributed by atoms with E-state index in [0.717, 1.165) is 38.6 Å². The van der Waals surface area contributed by atoms with Gasteiger partial charge in [0.15, 0.2) is 5.13 Å². The van der Waals surface area contributed by atoms with Crippen LogP contribution in [0.2, 0.25) is 5.02 Å². The van der Waals surface area contributed by atoms with Gasteiger partial charge in [0.2, 0.25) is 5.91 Å². The molecular formula is C20H19ClN6OS. The van der Waals surface area contributed by atoms with E-state index in [2.05, 4.69) is 25.4 Å². The molecule has 0 aliphatic heterocycles. The maximum absolute atomic E-state index is 12.6. The van der Waals surface area contributed by atoms with Crippen LogP contribution in [0.25, 0.3) is 16.2 Å². The third kappa shape index (κ3) is 3.99. The Kier molecular flexibility index (Phi) is 5.06. The molecular weight excluding hydrogens is 408 g/mol. The lowest BCUT2D eigenvalue weighted by molar-refractivity contribution is -0.115. The van der Waals surface area contributed by atoms with Crippen molar-refractivity contribution < 1.29 is 4.79 Å². The first-order valence-corrected chi connectivity index (χ1v) is 10.2. The summed E-state index contributed by atoms with van der Waals surface area (Å²) in [4.78, 5) is 26.0. The smallest absolute Gasteiger partial charge is 0.251 e. The van der Waals surface area contributed by atoms with Gasteiger partial charge in [-0.1, -0.05) is 22.9 Å². The molecule has 0 saturated carbocycles. The molecule has 1 aromatic carbocycles. The summed E-state index contributed by atoms with van der Waals surface area (Å²) < 4.78 is 2.62. The quantitative estimate of drug-likeness (QED) is 0.524. The lowest BCUT2D eigenvalue weighted by Crippen LogP contribution is -2.15. The maximum Gasteiger partial charge on any atom is 0.251 e. The van der Waals surface area contributed by atoms with Crippen LogP contribution in [-0.4, -0.2) is 30.6 Å². The largest absolute Gasteiger partial charge is 0.302 e. The third-order valence-electron chi connectivity index (χ3n) is 4.54. The van der Waals surface area contributed by atoms with Gasteiger partial charge in [-0.15, -0.1) is 0 Å². The van der Waals surface area contributed by atoms with Crippen molar-refractivity contribution in [2.75, 3.05) is 5.32 Å². The number of hydrogen-bond acceptors (Lipinski definition) is 6. The number of benzene rings is 1. The van der Waals surface area contributed by atoms with E-state index in [0.29, 0.717) is 16.1 Å². The van der Waals surface area contributed by atoms with Crippen molar-refractivity contribution >= 4 is 44.2 Å². The van der Waals surface area contributed by atoms with Gasteiger partial charge in [0.1, 0.15) is 0 Å². The molecule has 0 radical (unpaired) electrons. The monoisotopic (exact) mass is 426 g/mol. The van der Waals surface area contributed by atoms with Gasteiger partial charge in [0.25, 0.3) is 5.95 Å². The summed E-state index contributed by atoms with van der Waals surface area (Å²) >= 11 is 7.42. The first kappa shape index (κ1) is 19.5. The van der Waals surface area contributed by atoms with Crippen LogP contribution in [0, 0.1) is 27.7 Å². The van der Waals surface area contributed by atoms with Gasteiger partial charge in [-0.3, -0.25) is 4.79 Å². The highest BCUT2D eigenvalue weighted by molar-refractivity contribution is 7.22. The Morgan fingerprint density at radius 1 is 1.10 bits per heavy atom. The fourth-order valence-corrected chi connectivity index (χ4v) is 4.36. The Bertz CT molecular complexity index is 1230. The highest BCUT2D eigenvalue weighted by Crippen LogP contribution is 2.28. The van der Waals surface area contributed by atoms with Crippen LogP contribution >= 0.6 is 22.9 Å². The molecule has 0 aliphatic carbocycles. The molecule has 0 unspecified atom stereocenters. The zero-order valence-electron chi connectivity index (χ0n) is 16.4. The minimum absolute atomic E-state index is 0.151. The molecule has 4 rings (SSSR count). The van der Waals surface area contributed by atoms with E-state index in [9.17, 15) is 4.79 Å². The number of thiazole rings is 1. The summed E-state index contributed by atoms with van der Waals surface area (Å²) in [5.74, 6) is 0.361. The summed E-state index contributed by atoms with van der Waals surface area (Å²) in [6.45, 7) is 7.64. The Morgan fingerprint density at radius 3 is 2.55 bits per heavy atom. The number of amides is 1. The van der Waals surface area contributed by atoms with Crippen LogP contribution in [0.5, 0.6) is 0 Å². The molecule has 7 nitrogen and oxygen atoms in total. The van der Waals surface area contributed by atoms with Crippen LogP contribution in [0.4, 0.5) is 5.13 Å². The summed E-state index contributed by atoms with van der Waals surface area (Å²) in [7, 11) is 0. The van der Waals surface area contributed by atoms with Crippen LogP contribution in [-0.2, 0) is 11.2 Å². The van der Waals surface area contributed by atoms with Crippen molar-refractivity contribution in [3.63, 3.8) is 0 Å². The molecule has 0 fully saturated rings. The van der Waals surface area contributed by atoms with E-state index in [1.165, 1.54) is 11.3 Å². The number of carbonyl (C=O) groups excluding carboxylic acids is 1. The van der Waals surface area contributed by atoms with E-state index < -0.39 is 0 Å². The Hall–Kier alpha value is -2.84. The lowest BCUT2D eigenvalue weighted by atomic mass is 10.1. The number of rotatable bonds is 4. The van der Waals surface area contributed by atoms with Gasteiger partial charge in [-0.05, 0) is 52.0 Å². The molecule has 0 aliphatic rings. The number of fused-ring (bicyclic) bond motifs is 1. The SMILES string of the molecule is Cc1cc(C)nc(-n2nc(C)c(CC(=O)Nc3nc4ccc(Cl)cc4s3)c2C)n1. The number of nitrogens with zero attached hydrogens (tertiary/aromatic N) is 5. The Labute approximate surface area is 176 Å². The summed E-state index contributed by atoms with van der Waals surface area (Å²) in [5.41, 5.74) is 5.03. The van der Waals surface area contributed by atoms with Gasteiger partial charge in [-0.2, -0.15) is 5.10 Å². The molecule has 0 atom stereocenters. The van der Waals surface area contributed by atoms with Gasteiger partial charge >= 0.3 is 0 Å². The predicted octanol–water partition coefficient (Wildman–Crippen LogP) is 4.34. The molecule has 148 valence electrons. The molecule has 1 N–H and O–H groups in total. The zero-order valence-corrected chi connectivity index (χ0v) is 18.0. The average Bonchev–Trinajstić information content (AvgIpc) is 3.15. The van der Waals surface area contributed by atoms with Crippen LogP contribution in [0.15, 0.2) is 24.3 Å². The first-order chi connectivity index (χ1) is 13.8. The number of halogens is 1. The van der Waals surface area contributed by atoms with Crippen molar-refractivity contribution in [2.45, 2.75) is 34.1 Å².